The van der Waals surface area contributed by atoms with Gasteiger partial charge >= 0.3 is 12.1 Å². The Morgan fingerprint density at radius 2 is 1.66 bits per heavy atom. The second kappa shape index (κ2) is 10.8. The molecule has 0 aliphatic heterocycles. The van der Waals surface area contributed by atoms with Gasteiger partial charge in [0.15, 0.2) is 6.10 Å². The third-order valence-electron chi connectivity index (χ3n) is 3.97. The molecular formula is C21H32N2O6. The van der Waals surface area contributed by atoms with Crippen LogP contribution in [0.5, 0.6) is 0 Å². The molecule has 1 unspecified atom stereocenters. The molecule has 4 N–H and O–H groups in total. The van der Waals surface area contributed by atoms with Gasteiger partial charge in [0.2, 0.25) is 0 Å². The van der Waals surface area contributed by atoms with Crippen LogP contribution in [-0.4, -0.2) is 52.0 Å². The molecule has 1 rings (SSSR count). The Hall–Kier alpha value is -2.61. The molecule has 0 bridgehead atoms. The van der Waals surface area contributed by atoms with Gasteiger partial charge in [-0.3, -0.25) is 4.79 Å². The first-order valence-electron chi connectivity index (χ1n) is 9.63. The monoisotopic (exact) mass is 408 g/mol. The maximum absolute atomic E-state index is 12.5. The molecule has 0 aliphatic carbocycles. The molecule has 2 amide bonds. The zero-order valence-corrected chi connectivity index (χ0v) is 17.6. The van der Waals surface area contributed by atoms with Crippen LogP contribution in [0.1, 0.15) is 46.6 Å². The van der Waals surface area contributed by atoms with Crippen molar-refractivity contribution in [1.29, 1.82) is 0 Å². The number of benzene rings is 1. The van der Waals surface area contributed by atoms with Gasteiger partial charge in [-0.15, -0.1) is 0 Å². The van der Waals surface area contributed by atoms with Gasteiger partial charge in [-0.25, -0.2) is 9.59 Å². The van der Waals surface area contributed by atoms with E-state index in [9.17, 15) is 24.6 Å². The van der Waals surface area contributed by atoms with E-state index in [-0.39, 0.29) is 18.8 Å². The molecule has 0 fully saturated rings. The number of hydrogen-bond acceptors (Lipinski definition) is 5. The highest BCUT2D eigenvalue weighted by Crippen LogP contribution is 2.12. The molecule has 162 valence electrons. The number of carbonyl (C=O) groups excluding carboxylic acids is 2. The molecule has 0 saturated heterocycles. The molecule has 8 nitrogen and oxygen atoms in total. The first-order valence-corrected chi connectivity index (χ1v) is 9.63. The second-order valence-corrected chi connectivity index (χ2v) is 8.42. The highest BCUT2D eigenvalue weighted by Gasteiger charge is 2.32. The molecule has 1 aromatic rings. The van der Waals surface area contributed by atoms with Crippen molar-refractivity contribution in [3.05, 3.63) is 35.9 Å². The number of aliphatic hydroxyl groups excluding tert-OH is 1. The van der Waals surface area contributed by atoms with Crippen LogP contribution in [0.25, 0.3) is 0 Å². The number of rotatable bonds is 9. The SMILES string of the molecule is CC(C)C[C@H](NC(=O)[C@H](O)C(Cc1ccccc1)NC(=O)OC(C)(C)C)C(=O)O. The van der Waals surface area contributed by atoms with E-state index in [2.05, 4.69) is 10.6 Å². The van der Waals surface area contributed by atoms with E-state index in [4.69, 9.17) is 4.74 Å². The number of carboxylic acid groups (broad SMARTS) is 1. The molecular weight excluding hydrogens is 376 g/mol. The summed E-state index contributed by atoms with van der Waals surface area (Å²) in [5.41, 5.74) is 0.0395. The minimum atomic E-state index is -1.66. The molecule has 1 aromatic carbocycles. The van der Waals surface area contributed by atoms with Crippen molar-refractivity contribution in [2.24, 2.45) is 5.92 Å². The van der Waals surface area contributed by atoms with Crippen LogP contribution in [0.3, 0.4) is 0 Å². The number of amides is 2. The van der Waals surface area contributed by atoms with E-state index >= 15 is 0 Å². The normalized spacial score (nSPS) is 14.6. The van der Waals surface area contributed by atoms with Crippen molar-refractivity contribution >= 4 is 18.0 Å². The van der Waals surface area contributed by atoms with Gasteiger partial charge in [-0.2, -0.15) is 0 Å². The highest BCUT2D eigenvalue weighted by molar-refractivity contribution is 5.87. The van der Waals surface area contributed by atoms with Gasteiger partial charge in [-0.1, -0.05) is 44.2 Å². The fourth-order valence-electron chi connectivity index (χ4n) is 2.70. The lowest BCUT2D eigenvalue weighted by Gasteiger charge is -2.27. The van der Waals surface area contributed by atoms with Crippen LogP contribution >= 0.6 is 0 Å². The zero-order valence-electron chi connectivity index (χ0n) is 17.6. The third kappa shape index (κ3) is 9.43. The Bertz CT molecular complexity index is 684. The largest absolute Gasteiger partial charge is 0.480 e. The summed E-state index contributed by atoms with van der Waals surface area (Å²) in [5, 5.41) is 24.8. The number of ether oxygens (including phenoxy) is 1. The zero-order chi connectivity index (χ0) is 22.2. The minimum Gasteiger partial charge on any atom is -0.480 e. The molecule has 3 atom stereocenters. The number of aliphatic carboxylic acids is 1. The molecule has 8 heteroatoms. The van der Waals surface area contributed by atoms with Gasteiger partial charge in [0.05, 0.1) is 6.04 Å². The quantitative estimate of drug-likeness (QED) is 0.496. The van der Waals surface area contributed by atoms with E-state index in [1.54, 1.807) is 45.0 Å². The smallest absolute Gasteiger partial charge is 0.407 e. The van der Waals surface area contributed by atoms with Crippen molar-refractivity contribution < 1.29 is 29.3 Å². The Labute approximate surface area is 171 Å². The van der Waals surface area contributed by atoms with Gasteiger partial charge in [0, 0.05) is 0 Å². The van der Waals surface area contributed by atoms with Crippen LogP contribution in [0, 0.1) is 5.92 Å². The number of hydrogen-bond donors (Lipinski definition) is 4. The molecule has 0 saturated carbocycles. The highest BCUT2D eigenvalue weighted by atomic mass is 16.6. The third-order valence-corrected chi connectivity index (χ3v) is 3.97. The lowest BCUT2D eigenvalue weighted by atomic mass is 9.99. The van der Waals surface area contributed by atoms with Gasteiger partial charge in [0.1, 0.15) is 11.6 Å². The summed E-state index contributed by atoms with van der Waals surface area (Å²) in [4.78, 5) is 36.1. The molecule has 0 heterocycles. The number of carbonyl (C=O) groups is 3. The predicted octanol–water partition coefficient (Wildman–Crippen LogP) is 2.10. The number of aliphatic hydroxyl groups is 1. The topological polar surface area (TPSA) is 125 Å². The first kappa shape index (κ1) is 24.4. The number of alkyl carbamates (subject to hydrolysis) is 1. The lowest BCUT2D eigenvalue weighted by Crippen LogP contribution is -2.55. The summed E-state index contributed by atoms with van der Waals surface area (Å²) >= 11 is 0. The maximum Gasteiger partial charge on any atom is 0.407 e. The number of carboxylic acids is 1. The fraction of sp³-hybridized carbons (Fsp3) is 0.571. The summed E-state index contributed by atoms with van der Waals surface area (Å²) in [6, 6.07) is 6.90. The Morgan fingerprint density at radius 3 is 2.14 bits per heavy atom. The van der Waals surface area contributed by atoms with Crippen molar-refractivity contribution in [1.82, 2.24) is 10.6 Å². The summed E-state index contributed by atoms with van der Waals surface area (Å²) in [7, 11) is 0. The van der Waals surface area contributed by atoms with Crippen LogP contribution in [0.4, 0.5) is 4.79 Å². The van der Waals surface area contributed by atoms with Crippen molar-refractivity contribution in [3.8, 4) is 0 Å². The van der Waals surface area contributed by atoms with Gasteiger partial charge in [-0.05, 0) is 45.1 Å². The Morgan fingerprint density at radius 1 is 1.07 bits per heavy atom. The van der Waals surface area contributed by atoms with E-state index in [0.29, 0.717) is 0 Å². The van der Waals surface area contributed by atoms with E-state index in [1.165, 1.54) is 0 Å². The average molecular weight is 408 g/mol. The first-order chi connectivity index (χ1) is 13.4. The van der Waals surface area contributed by atoms with Crippen molar-refractivity contribution in [2.45, 2.75) is 71.2 Å². The van der Waals surface area contributed by atoms with Crippen molar-refractivity contribution in [3.63, 3.8) is 0 Å². The molecule has 0 radical (unpaired) electrons. The fourth-order valence-corrected chi connectivity index (χ4v) is 2.70. The number of nitrogens with one attached hydrogen (secondary N) is 2. The summed E-state index contributed by atoms with van der Waals surface area (Å²) in [6.45, 7) is 8.77. The average Bonchev–Trinajstić information content (AvgIpc) is 2.58. The van der Waals surface area contributed by atoms with Crippen LogP contribution in [0.2, 0.25) is 0 Å². The van der Waals surface area contributed by atoms with E-state index in [0.717, 1.165) is 5.56 Å². The lowest BCUT2D eigenvalue weighted by molar-refractivity contribution is -0.144. The molecule has 0 aliphatic rings. The maximum atomic E-state index is 12.5. The second-order valence-electron chi connectivity index (χ2n) is 8.42. The van der Waals surface area contributed by atoms with Gasteiger partial charge < -0.3 is 25.6 Å². The van der Waals surface area contributed by atoms with Crippen LogP contribution in [-0.2, 0) is 20.7 Å². The summed E-state index contributed by atoms with van der Waals surface area (Å²) in [5.74, 6) is -2.01. The summed E-state index contributed by atoms with van der Waals surface area (Å²) < 4.78 is 5.22. The molecule has 0 aromatic heterocycles. The summed E-state index contributed by atoms with van der Waals surface area (Å²) in [6.07, 6.45) is -2.05. The standard InChI is InChI=1S/C21H32N2O6/c1-13(2)11-16(19(26)27)22-18(25)17(24)15(12-14-9-7-6-8-10-14)23-20(28)29-21(3,4)5/h6-10,13,15-17,24H,11-12H2,1-5H3,(H,22,25)(H,23,28)(H,26,27)/t15?,16-,17+/m0/s1. The van der Waals surface area contributed by atoms with Crippen LogP contribution < -0.4 is 10.6 Å². The predicted molar refractivity (Wildman–Crippen MR) is 108 cm³/mol. The molecule has 0 spiro atoms. The molecule has 29 heavy (non-hydrogen) atoms. The minimum absolute atomic E-state index is 0.0357. The van der Waals surface area contributed by atoms with E-state index < -0.39 is 41.8 Å². The van der Waals surface area contributed by atoms with Crippen LogP contribution in [0.15, 0.2) is 30.3 Å². The van der Waals surface area contributed by atoms with Gasteiger partial charge in [0.25, 0.3) is 5.91 Å². The Balaban J connectivity index is 2.95. The van der Waals surface area contributed by atoms with Crippen molar-refractivity contribution in [2.75, 3.05) is 0 Å². The Kier molecular flexibility index (Phi) is 9.10. The van der Waals surface area contributed by atoms with E-state index in [1.807, 2.05) is 19.9 Å².